The predicted molar refractivity (Wildman–Crippen MR) is 74.6 cm³/mol. The SMILES string of the molecule is O=C(NCc1cccs1)c1cccc(Br)c1Cl. The van der Waals surface area contributed by atoms with Crippen LogP contribution in [0.4, 0.5) is 0 Å². The molecule has 0 bridgehead atoms. The van der Waals surface area contributed by atoms with Gasteiger partial charge in [0.25, 0.3) is 5.91 Å². The molecule has 1 heterocycles. The first kappa shape index (κ1) is 12.6. The minimum atomic E-state index is -0.162. The van der Waals surface area contributed by atoms with Crippen LogP contribution in [0.5, 0.6) is 0 Å². The van der Waals surface area contributed by atoms with Crippen LogP contribution in [-0.4, -0.2) is 5.91 Å². The van der Waals surface area contributed by atoms with E-state index in [0.717, 1.165) is 9.35 Å². The molecule has 0 saturated carbocycles. The highest BCUT2D eigenvalue weighted by Gasteiger charge is 2.11. The lowest BCUT2D eigenvalue weighted by Crippen LogP contribution is -2.22. The summed E-state index contributed by atoms with van der Waals surface area (Å²) in [5.74, 6) is -0.162. The molecule has 0 atom stereocenters. The van der Waals surface area contributed by atoms with Gasteiger partial charge in [-0.1, -0.05) is 23.7 Å². The molecule has 0 unspecified atom stereocenters. The summed E-state index contributed by atoms with van der Waals surface area (Å²) in [7, 11) is 0. The van der Waals surface area contributed by atoms with E-state index in [9.17, 15) is 4.79 Å². The van der Waals surface area contributed by atoms with Crippen LogP contribution in [-0.2, 0) is 6.54 Å². The highest BCUT2D eigenvalue weighted by Crippen LogP contribution is 2.25. The normalized spacial score (nSPS) is 10.2. The lowest BCUT2D eigenvalue weighted by Gasteiger charge is -2.06. The zero-order valence-electron chi connectivity index (χ0n) is 8.74. The van der Waals surface area contributed by atoms with Crippen molar-refractivity contribution >= 4 is 44.8 Å². The van der Waals surface area contributed by atoms with Gasteiger partial charge >= 0.3 is 0 Å². The standard InChI is InChI=1S/C12H9BrClNOS/c13-10-5-1-4-9(11(10)14)12(16)15-7-8-3-2-6-17-8/h1-6H,7H2,(H,15,16). The van der Waals surface area contributed by atoms with E-state index < -0.39 is 0 Å². The second-order valence-electron chi connectivity index (χ2n) is 3.36. The second-order valence-corrected chi connectivity index (χ2v) is 5.63. The van der Waals surface area contributed by atoms with Crippen LogP contribution in [0.25, 0.3) is 0 Å². The largest absolute Gasteiger partial charge is 0.347 e. The third-order valence-corrected chi connectivity index (χ3v) is 4.37. The predicted octanol–water partition coefficient (Wildman–Crippen LogP) is 4.09. The summed E-state index contributed by atoms with van der Waals surface area (Å²) >= 11 is 10.9. The van der Waals surface area contributed by atoms with Gasteiger partial charge in [-0.25, -0.2) is 0 Å². The Labute approximate surface area is 117 Å². The maximum atomic E-state index is 11.9. The summed E-state index contributed by atoms with van der Waals surface area (Å²) in [6.07, 6.45) is 0. The Morgan fingerprint density at radius 3 is 2.88 bits per heavy atom. The van der Waals surface area contributed by atoms with E-state index >= 15 is 0 Å². The molecule has 1 amide bonds. The Balaban J connectivity index is 2.07. The minimum Gasteiger partial charge on any atom is -0.347 e. The van der Waals surface area contributed by atoms with Gasteiger partial charge < -0.3 is 5.32 Å². The third-order valence-electron chi connectivity index (χ3n) is 2.20. The van der Waals surface area contributed by atoms with Gasteiger partial charge in [0.1, 0.15) is 0 Å². The van der Waals surface area contributed by atoms with E-state index in [1.165, 1.54) is 0 Å². The molecule has 2 nitrogen and oxygen atoms in total. The Morgan fingerprint density at radius 2 is 2.18 bits per heavy atom. The van der Waals surface area contributed by atoms with E-state index in [4.69, 9.17) is 11.6 Å². The molecule has 17 heavy (non-hydrogen) atoms. The maximum Gasteiger partial charge on any atom is 0.253 e. The summed E-state index contributed by atoms with van der Waals surface area (Å²) in [5.41, 5.74) is 0.484. The fourth-order valence-electron chi connectivity index (χ4n) is 1.35. The summed E-state index contributed by atoms with van der Waals surface area (Å²) in [5, 5.41) is 5.26. The van der Waals surface area contributed by atoms with E-state index in [1.807, 2.05) is 17.5 Å². The van der Waals surface area contributed by atoms with Crippen molar-refractivity contribution in [2.24, 2.45) is 0 Å². The van der Waals surface area contributed by atoms with Gasteiger partial charge in [0, 0.05) is 9.35 Å². The summed E-state index contributed by atoms with van der Waals surface area (Å²) < 4.78 is 0.725. The topological polar surface area (TPSA) is 29.1 Å². The number of amides is 1. The number of halogens is 2. The quantitative estimate of drug-likeness (QED) is 0.902. The monoisotopic (exact) mass is 329 g/mol. The molecular weight excluding hydrogens is 322 g/mol. The zero-order valence-corrected chi connectivity index (χ0v) is 11.9. The van der Waals surface area contributed by atoms with Gasteiger partial charge in [-0.15, -0.1) is 11.3 Å². The van der Waals surface area contributed by atoms with Crippen LogP contribution < -0.4 is 5.32 Å². The van der Waals surface area contributed by atoms with Crippen LogP contribution in [0.15, 0.2) is 40.2 Å². The van der Waals surface area contributed by atoms with Gasteiger partial charge in [0.2, 0.25) is 0 Å². The van der Waals surface area contributed by atoms with E-state index in [1.54, 1.807) is 29.5 Å². The average molecular weight is 331 g/mol. The Bertz CT molecular complexity index is 527. The maximum absolute atomic E-state index is 11.9. The fraction of sp³-hybridized carbons (Fsp3) is 0.0833. The van der Waals surface area contributed by atoms with Gasteiger partial charge in [0.05, 0.1) is 17.1 Å². The molecule has 5 heteroatoms. The fourth-order valence-corrected chi connectivity index (χ4v) is 2.58. The van der Waals surface area contributed by atoms with Crippen LogP contribution in [0, 0.1) is 0 Å². The smallest absolute Gasteiger partial charge is 0.253 e. The van der Waals surface area contributed by atoms with Crippen molar-refractivity contribution in [2.45, 2.75) is 6.54 Å². The van der Waals surface area contributed by atoms with Crippen molar-refractivity contribution in [3.05, 3.63) is 55.6 Å². The van der Waals surface area contributed by atoms with Crippen LogP contribution in [0.2, 0.25) is 5.02 Å². The summed E-state index contributed by atoms with van der Waals surface area (Å²) in [4.78, 5) is 13.0. The van der Waals surface area contributed by atoms with Crippen molar-refractivity contribution < 1.29 is 4.79 Å². The molecule has 0 fully saturated rings. The van der Waals surface area contributed by atoms with E-state index in [0.29, 0.717) is 17.1 Å². The first-order valence-electron chi connectivity index (χ1n) is 4.93. The molecule has 1 N–H and O–H groups in total. The summed E-state index contributed by atoms with van der Waals surface area (Å²) in [6.45, 7) is 0.527. The number of carbonyl (C=O) groups is 1. The number of hydrogen-bond acceptors (Lipinski definition) is 2. The van der Waals surface area contributed by atoms with Crippen LogP contribution >= 0.6 is 38.9 Å². The van der Waals surface area contributed by atoms with Gasteiger partial charge in [-0.05, 0) is 39.5 Å². The number of hydrogen-bond donors (Lipinski definition) is 1. The number of nitrogens with one attached hydrogen (secondary N) is 1. The molecule has 0 saturated heterocycles. The molecule has 0 aliphatic carbocycles. The van der Waals surface area contributed by atoms with Gasteiger partial charge in [-0.2, -0.15) is 0 Å². The molecule has 0 spiro atoms. The van der Waals surface area contributed by atoms with Crippen LogP contribution in [0.3, 0.4) is 0 Å². The van der Waals surface area contributed by atoms with Crippen molar-refractivity contribution in [3.63, 3.8) is 0 Å². The number of carbonyl (C=O) groups excluding carboxylic acids is 1. The molecule has 88 valence electrons. The zero-order chi connectivity index (χ0) is 12.3. The molecule has 2 rings (SSSR count). The molecule has 1 aromatic carbocycles. The van der Waals surface area contributed by atoms with Crippen molar-refractivity contribution in [1.82, 2.24) is 5.32 Å². The molecular formula is C12H9BrClNOS. The minimum absolute atomic E-state index is 0.162. The Morgan fingerprint density at radius 1 is 1.35 bits per heavy atom. The molecule has 0 aliphatic rings. The highest BCUT2D eigenvalue weighted by molar-refractivity contribution is 9.10. The average Bonchev–Trinajstić information content (AvgIpc) is 2.82. The van der Waals surface area contributed by atoms with Crippen molar-refractivity contribution in [3.8, 4) is 0 Å². The van der Waals surface area contributed by atoms with Gasteiger partial charge in [0.15, 0.2) is 0 Å². The third kappa shape index (κ3) is 3.09. The number of rotatable bonds is 3. The molecule has 1 aromatic heterocycles. The molecule has 2 aromatic rings. The Kier molecular flexibility index (Phi) is 4.20. The lowest BCUT2D eigenvalue weighted by molar-refractivity contribution is 0.0951. The highest BCUT2D eigenvalue weighted by atomic mass is 79.9. The first-order valence-corrected chi connectivity index (χ1v) is 6.98. The van der Waals surface area contributed by atoms with Gasteiger partial charge in [-0.3, -0.25) is 4.79 Å². The molecule has 0 radical (unpaired) electrons. The lowest BCUT2D eigenvalue weighted by atomic mass is 10.2. The second kappa shape index (κ2) is 5.67. The summed E-state index contributed by atoms with van der Waals surface area (Å²) in [6, 6.07) is 9.23. The molecule has 0 aliphatic heterocycles. The number of thiophene rings is 1. The first-order chi connectivity index (χ1) is 8.18. The van der Waals surface area contributed by atoms with Crippen molar-refractivity contribution in [1.29, 1.82) is 0 Å². The van der Waals surface area contributed by atoms with Crippen molar-refractivity contribution in [2.75, 3.05) is 0 Å². The van der Waals surface area contributed by atoms with E-state index in [2.05, 4.69) is 21.2 Å². The van der Waals surface area contributed by atoms with E-state index in [-0.39, 0.29) is 5.91 Å². The Hall–Kier alpha value is -0.840. The number of benzene rings is 1. The van der Waals surface area contributed by atoms with Crippen LogP contribution in [0.1, 0.15) is 15.2 Å².